The molecule has 1 aromatic carbocycles. The highest BCUT2D eigenvalue weighted by atomic mass is 32.1. The molecule has 0 atom stereocenters. The molecule has 1 fully saturated rings. The maximum absolute atomic E-state index is 12.0. The van der Waals surface area contributed by atoms with Gasteiger partial charge in [0.25, 0.3) is 11.8 Å². The highest BCUT2D eigenvalue weighted by molar-refractivity contribution is 7.12. The predicted molar refractivity (Wildman–Crippen MR) is 98.7 cm³/mol. The van der Waals surface area contributed by atoms with Crippen LogP contribution in [-0.4, -0.2) is 55.8 Å². The zero-order valence-electron chi connectivity index (χ0n) is 14.1. The van der Waals surface area contributed by atoms with Gasteiger partial charge in [-0.1, -0.05) is 6.07 Å². The standard InChI is InChI=1S/C18H19N3O4S/c22-17(21-7-9-24-10-8-21)13-25-15-5-3-14(4-6-15)12-19-20-18(23)16-2-1-11-26-16/h1-6,11-12H,7-10,13H2,(H,20,23)/b19-12+. The molecular weight excluding hydrogens is 354 g/mol. The van der Waals surface area contributed by atoms with Gasteiger partial charge in [0.1, 0.15) is 5.75 Å². The van der Waals surface area contributed by atoms with Crippen LogP contribution in [0, 0.1) is 0 Å². The minimum absolute atomic E-state index is 0.00427. The van der Waals surface area contributed by atoms with Crippen LogP contribution in [0.3, 0.4) is 0 Å². The normalized spacial score (nSPS) is 14.4. The van der Waals surface area contributed by atoms with Crippen LogP contribution in [-0.2, 0) is 9.53 Å². The maximum Gasteiger partial charge on any atom is 0.281 e. The lowest BCUT2D eigenvalue weighted by Crippen LogP contribution is -2.42. The van der Waals surface area contributed by atoms with Crippen LogP contribution in [0.1, 0.15) is 15.2 Å². The fourth-order valence-corrected chi connectivity index (χ4v) is 2.94. The summed E-state index contributed by atoms with van der Waals surface area (Å²) in [7, 11) is 0. The first-order valence-corrected chi connectivity index (χ1v) is 9.05. The van der Waals surface area contributed by atoms with Gasteiger partial charge in [-0.05, 0) is 41.3 Å². The van der Waals surface area contributed by atoms with Gasteiger partial charge in [0, 0.05) is 13.1 Å². The highest BCUT2D eigenvalue weighted by Crippen LogP contribution is 2.12. The van der Waals surface area contributed by atoms with Gasteiger partial charge < -0.3 is 14.4 Å². The highest BCUT2D eigenvalue weighted by Gasteiger charge is 2.16. The summed E-state index contributed by atoms with van der Waals surface area (Å²) in [4.78, 5) is 26.1. The Bertz CT molecular complexity index is 753. The molecular formula is C18H19N3O4S. The van der Waals surface area contributed by atoms with Crippen LogP contribution in [0.15, 0.2) is 46.9 Å². The number of nitrogens with zero attached hydrogens (tertiary/aromatic N) is 2. The molecule has 1 aliphatic heterocycles. The molecule has 1 N–H and O–H groups in total. The van der Waals surface area contributed by atoms with Gasteiger partial charge in [0.2, 0.25) is 0 Å². The third-order valence-electron chi connectivity index (χ3n) is 3.73. The van der Waals surface area contributed by atoms with E-state index < -0.39 is 0 Å². The number of nitrogens with one attached hydrogen (secondary N) is 1. The monoisotopic (exact) mass is 373 g/mol. The molecule has 0 saturated carbocycles. The van der Waals surface area contributed by atoms with Crippen molar-refractivity contribution in [2.45, 2.75) is 0 Å². The second-order valence-corrected chi connectivity index (χ2v) is 6.47. The summed E-state index contributed by atoms with van der Waals surface area (Å²) >= 11 is 1.36. The van der Waals surface area contributed by atoms with Gasteiger partial charge in [-0.25, -0.2) is 5.43 Å². The lowest BCUT2D eigenvalue weighted by Gasteiger charge is -2.26. The van der Waals surface area contributed by atoms with Crippen molar-refractivity contribution in [3.8, 4) is 5.75 Å². The summed E-state index contributed by atoms with van der Waals surface area (Å²) in [6.07, 6.45) is 1.55. The summed E-state index contributed by atoms with van der Waals surface area (Å²) in [5.74, 6) is 0.319. The molecule has 0 bridgehead atoms. The minimum Gasteiger partial charge on any atom is -0.484 e. The van der Waals surface area contributed by atoms with Gasteiger partial charge in [0.15, 0.2) is 6.61 Å². The third kappa shape index (κ3) is 5.14. The van der Waals surface area contributed by atoms with E-state index in [4.69, 9.17) is 9.47 Å². The summed E-state index contributed by atoms with van der Waals surface area (Å²) < 4.78 is 10.7. The Hall–Kier alpha value is -2.71. The molecule has 2 amide bonds. The van der Waals surface area contributed by atoms with E-state index in [-0.39, 0.29) is 18.4 Å². The van der Waals surface area contributed by atoms with E-state index in [1.54, 1.807) is 41.4 Å². The quantitative estimate of drug-likeness (QED) is 0.618. The van der Waals surface area contributed by atoms with E-state index in [1.165, 1.54) is 11.3 Å². The average Bonchev–Trinajstić information content (AvgIpc) is 3.23. The lowest BCUT2D eigenvalue weighted by molar-refractivity contribution is -0.137. The number of thiophene rings is 1. The summed E-state index contributed by atoms with van der Waals surface area (Å²) in [5, 5.41) is 5.77. The first kappa shape index (κ1) is 18.1. The average molecular weight is 373 g/mol. The van der Waals surface area contributed by atoms with E-state index in [0.29, 0.717) is 36.9 Å². The molecule has 7 nitrogen and oxygen atoms in total. The molecule has 8 heteroatoms. The first-order valence-electron chi connectivity index (χ1n) is 8.18. The van der Waals surface area contributed by atoms with Gasteiger partial charge in [0.05, 0.1) is 24.3 Å². The summed E-state index contributed by atoms with van der Waals surface area (Å²) in [6.45, 7) is 2.36. The van der Waals surface area contributed by atoms with Crippen LogP contribution in [0.2, 0.25) is 0 Å². The van der Waals surface area contributed by atoms with E-state index in [2.05, 4.69) is 10.5 Å². The SMILES string of the molecule is O=C(N/N=C/c1ccc(OCC(=O)N2CCOCC2)cc1)c1cccs1. The molecule has 1 aromatic heterocycles. The number of hydrazone groups is 1. The van der Waals surface area contributed by atoms with Crippen molar-refractivity contribution < 1.29 is 19.1 Å². The van der Waals surface area contributed by atoms with Crippen LogP contribution in [0.5, 0.6) is 5.75 Å². The van der Waals surface area contributed by atoms with Crippen molar-refractivity contribution in [3.63, 3.8) is 0 Å². The molecule has 0 spiro atoms. The number of amides is 2. The third-order valence-corrected chi connectivity index (χ3v) is 4.60. The molecule has 0 unspecified atom stereocenters. The van der Waals surface area contributed by atoms with Crippen molar-refractivity contribution >= 4 is 29.4 Å². The minimum atomic E-state index is -0.238. The number of hydrogen-bond acceptors (Lipinski definition) is 6. The molecule has 136 valence electrons. The fourth-order valence-electron chi connectivity index (χ4n) is 2.33. The smallest absolute Gasteiger partial charge is 0.281 e. The number of carbonyl (C=O) groups excluding carboxylic acids is 2. The zero-order valence-corrected chi connectivity index (χ0v) is 14.9. The second kappa shape index (κ2) is 9.12. The van der Waals surface area contributed by atoms with E-state index in [9.17, 15) is 9.59 Å². The molecule has 1 aliphatic rings. The zero-order chi connectivity index (χ0) is 18.2. The topological polar surface area (TPSA) is 80.2 Å². The van der Waals surface area contributed by atoms with E-state index in [1.807, 2.05) is 11.4 Å². The van der Waals surface area contributed by atoms with Crippen LogP contribution in [0.4, 0.5) is 0 Å². The summed E-state index contributed by atoms with van der Waals surface area (Å²) in [5.41, 5.74) is 3.28. The predicted octanol–water partition coefficient (Wildman–Crippen LogP) is 1.75. The first-order chi connectivity index (χ1) is 12.7. The van der Waals surface area contributed by atoms with Crippen molar-refractivity contribution in [2.75, 3.05) is 32.9 Å². The number of rotatable bonds is 6. The van der Waals surface area contributed by atoms with Crippen molar-refractivity contribution in [1.29, 1.82) is 0 Å². The second-order valence-electron chi connectivity index (χ2n) is 5.53. The molecule has 26 heavy (non-hydrogen) atoms. The number of morpholine rings is 1. The van der Waals surface area contributed by atoms with Gasteiger partial charge in [-0.3, -0.25) is 9.59 Å². The van der Waals surface area contributed by atoms with Crippen molar-refractivity contribution in [1.82, 2.24) is 10.3 Å². The van der Waals surface area contributed by atoms with Gasteiger partial charge in [-0.15, -0.1) is 11.3 Å². The fraction of sp³-hybridized carbons (Fsp3) is 0.278. The molecule has 1 saturated heterocycles. The Balaban J connectivity index is 1.45. The molecule has 0 radical (unpaired) electrons. The van der Waals surface area contributed by atoms with Crippen LogP contribution < -0.4 is 10.2 Å². The van der Waals surface area contributed by atoms with Crippen LogP contribution >= 0.6 is 11.3 Å². The number of benzene rings is 1. The Kier molecular flexibility index (Phi) is 6.34. The van der Waals surface area contributed by atoms with Crippen LogP contribution in [0.25, 0.3) is 0 Å². The molecule has 3 rings (SSSR count). The Morgan fingerprint density at radius 3 is 2.69 bits per heavy atom. The largest absolute Gasteiger partial charge is 0.484 e. The molecule has 0 aliphatic carbocycles. The van der Waals surface area contributed by atoms with E-state index in [0.717, 1.165) is 5.56 Å². The number of hydrogen-bond donors (Lipinski definition) is 1. The Labute approximate surface area is 155 Å². The van der Waals surface area contributed by atoms with Crippen molar-refractivity contribution in [3.05, 3.63) is 52.2 Å². The van der Waals surface area contributed by atoms with Gasteiger partial charge in [-0.2, -0.15) is 5.10 Å². The van der Waals surface area contributed by atoms with E-state index >= 15 is 0 Å². The number of ether oxygens (including phenoxy) is 2. The Morgan fingerprint density at radius 2 is 2.00 bits per heavy atom. The molecule has 2 heterocycles. The van der Waals surface area contributed by atoms with Gasteiger partial charge >= 0.3 is 0 Å². The Morgan fingerprint density at radius 1 is 1.23 bits per heavy atom. The van der Waals surface area contributed by atoms with Crippen molar-refractivity contribution in [2.24, 2.45) is 5.10 Å². The maximum atomic E-state index is 12.0. The lowest BCUT2D eigenvalue weighted by atomic mass is 10.2. The molecule has 2 aromatic rings. The number of carbonyl (C=O) groups is 2. The summed E-state index contributed by atoms with van der Waals surface area (Å²) in [6, 6.07) is 10.7.